The van der Waals surface area contributed by atoms with E-state index in [1.165, 1.54) is 18.3 Å². The number of fused-ring (bicyclic) bond motifs is 1. The Morgan fingerprint density at radius 3 is 3.00 bits per heavy atom. The first-order valence-electron chi connectivity index (χ1n) is 4.13. The number of thiophene rings is 1. The van der Waals surface area contributed by atoms with Crippen LogP contribution in [0.25, 0.3) is 10.1 Å². The Hall–Kier alpha value is -1.55. The minimum Gasteiger partial charge on any atom is -0.425 e. The topological polar surface area (TPSA) is 52.3 Å². The average Bonchev–Trinajstić information content (AvgIpc) is 2.45. The maximum Gasteiger partial charge on any atom is 0.308 e. The number of benzene rings is 1. The van der Waals surface area contributed by atoms with Gasteiger partial charge in [-0.2, -0.15) is 0 Å². The molecule has 0 fully saturated rings. The van der Waals surface area contributed by atoms with E-state index in [0.29, 0.717) is 5.75 Å². The molecule has 14 heavy (non-hydrogen) atoms. The molecule has 0 saturated heterocycles. The Balaban J connectivity index is 2.58. The zero-order valence-corrected chi connectivity index (χ0v) is 8.43. The minimum atomic E-state index is -0.315. The first-order chi connectivity index (χ1) is 6.66. The van der Waals surface area contributed by atoms with Crippen molar-refractivity contribution in [3.8, 4) is 5.75 Å². The molecule has 4 heteroatoms. The van der Waals surface area contributed by atoms with E-state index in [2.05, 4.69) is 0 Å². The molecule has 2 N–H and O–H groups in total. The lowest BCUT2D eigenvalue weighted by Crippen LogP contribution is -2.00. The van der Waals surface area contributed by atoms with Gasteiger partial charge in [0.1, 0.15) is 5.75 Å². The summed E-state index contributed by atoms with van der Waals surface area (Å²) in [5.74, 6) is 0.265. The monoisotopic (exact) mass is 207 g/mol. The summed E-state index contributed by atoms with van der Waals surface area (Å²) in [4.78, 5) is 10.8. The Morgan fingerprint density at radius 1 is 1.50 bits per heavy atom. The fraction of sp³-hybridized carbons (Fsp3) is 0.100. The molecule has 0 radical (unpaired) electrons. The van der Waals surface area contributed by atoms with E-state index >= 15 is 0 Å². The van der Waals surface area contributed by atoms with E-state index in [1.807, 2.05) is 18.2 Å². The summed E-state index contributed by atoms with van der Waals surface area (Å²) in [6, 6.07) is 7.41. The molecule has 0 atom stereocenters. The van der Waals surface area contributed by atoms with Crippen molar-refractivity contribution in [1.29, 1.82) is 0 Å². The molecule has 2 aromatic rings. The van der Waals surface area contributed by atoms with Crippen LogP contribution >= 0.6 is 11.3 Å². The fourth-order valence-corrected chi connectivity index (χ4v) is 2.17. The fourth-order valence-electron chi connectivity index (χ4n) is 1.29. The molecule has 0 unspecified atom stereocenters. The van der Waals surface area contributed by atoms with Crippen molar-refractivity contribution in [3.05, 3.63) is 24.3 Å². The van der Waals surface area contributed by atoms with Crippen molar-refractivity contribution in [2.24, 2.45) is 0 Å². The molecule has 1 heterocycles. The van der Waals surface area contributed by atoms with Gasteiger partial charge in [-0.05, 0) is 17.5 Å². The quantitative estimate of drug-likeness (QED) is 0.577. The van der Waals surface area contributed by atoms with Crippen LogP contribution in [0.4, 0.5) is 5.00 Å². The van der Waals surface area contributed by atoms with Crippen LogP contribution in [0.15, 0.2) is 24.3 Å². The van der Waals surface area contributed by atoms with Gasteiger partial charge in [0.2, 0.25) is 0 Å². The second kappa shape index (κ2) is 3.31. The predicted molar refractivity (Wildman–Crippen MR) is 57.5 cm³/mol. The summed E-state index contributed by atoms with van der Waals surface area (Å²) in [7, 11) is 0. The summed E-state index contributed by atoms with van der Waals surface area (Å²) in [6.07, 6.45) is 0. The summed E-state index contributed by atoms with van der Waals surface area (Å²) in [5.41, 5.74) is 5.67. The normalized spacial score (nSPS) is 10.4. The summed E-state index contributed by atoms with van der Waals surface area (Å²) >= 11 is 1.42. The average molecular weight is 207 g/mol. The second-order valence-electron chi connectivity index (χ2n) is 2.92. The SMILES string of the molecule is CC(=O)Oc1cccc2cc(N)sc12. The number of hydrogen-bond acceptors (Lipinski definition) is 4. The number of esters is 1. The number of nitrogens with two attached hydrogens (primary N) is 1. The van der Waals surface area contributed by atoms with Crippen molar-refractivity contribution < 1.29 is 9.53 Å². The Kier molecular flexibility index (Phi) is 2.13. The molecule has 1 aromatic carbocycles. The lowest BCUT2D eigenvalue weighted by atomic mass is 10.2. The van der Waals surface area contributed by atoms with Gasteiger partial charge in [0.15, 0.2) is 0 Å². The molecule has 0 aliphatic rings. The largest absolute Gasteiger partial charge is 0.425 e. The molecule has 0 saturated carbocycles. The van der Waals surface area contributed by atoms with Gasteiger partial charge in [-0.3, -0.25) is 4.79 Å². The van der Waals surface area contributed by atoms with E-state index in [0.717, 1.165) is 15.1 Å². The number of anilines is 1. The third-order valence-corrected chi connectivity index (χ3v) is 2.78. The van der Waals surface area contributed by atoms with Crippen LogP contribution in [-0.4, -0.2) is 5.97 Å². The highest BCUT2D eigenvalue weighted by molar-refractivity contribution is 7.23. The van der Waals surface area contributed by atoms with E-state index < -0.39 is 0 Å². The molecule has 1 aromatic heterocycles. The van der Waals surface area contributed by atoms with Crippen LogP contribution in [0.3, 0.4) is 0 Å². The van der Waals surface area contributed by atoms with Crippen molar-refractivity contribution >= 4 is 32.4 Å². The molecular weight excluding hydrogens is 198 g/mol. The van der Waals surface area contributed by atoms with Gasteiger partial charge in [0.25, 0.3) is 0 Å². The van der Waals surface area contributed by atoms with Crippen LogP contribution in [0.2, 0.25) is 0 Å². The highest BCUT2D eigenvalue weighted by Crippen LogP contribution is 2.34. The summed E-state index contributed by atoms with van der Waals surface area (Å²) < 4.78 is 5.97. The number of nitrogen functional groups attached to an aromatic ring is 1. The molecule has 0 spiro atoms. The predicted octanol–water partition coefficient (Wildman–Crippen LogP) is 2.41. The minimum absolute atomic E-state index is 0.315. The lowest BCUT2D eigenvalue weighted by molar-refractivity contribution is -0.131. The van der Waals surface area contributed by atoms with Gasteiger partial charge >= 0.3 is 5.97 Å². The van der Waals surface area contributed by atoms with Crippen molar-refractivity contribution in [1.82, 2.24) is 0 Å². The van der Waals surface area contributed by atoms with E-state index in [1.54, 1.807) is 6.07 Å². The third kappa shape index (κ3) is 1.56. The molecule has 3 nitrogen and oxygen atoms in total. The zero-order valence-electron chi connectivity index (χ0n) is 7.61. The number of carbonyl (C=O) groups excluding carboxylic acids is 1. The van der Waals surface area contributed by atoms with E-state index in [-0.39, 0.29) is 5.97 Å². The molecule has 2 rings (SSSR count). The Morgan fingerprint density at radius 2 is 2.29 bits per heavy atom. The standard InChI is InChI=1S/C10H9NO2S/c1-6(12)13-8-4-2-3-7-5-9(11)14-10(7)8/h2-5H,11H2,1H3. The molecular formula is C10H9NO2S. The van der Waals surface area contributed by atoms with E-state index in [9.17, 15) is 4.79 Å². The third-order valence-electron chi connectivity index (χ3n) is 1.78. The number of carbonyl (C=O) groups is 1. The van der Waals surface area contributed by atoms with Crippen LogP contribution in [0.1, 0.15) is 6.92 Å². The van der Waals surface area contributed by atoms with Crippen LogP contribution in [0, 0.1) is 0 Å². The molecule has 72 valence electrons. The maximum atomic E-state index is 10.8. The smallest absolute Gasteiger partial charge is 0.308 e. The molecule has 0 aliphatic carbocycles. The zero-order chi connectivity index (χ0) is 10.1. The number of rotatable bonds is 1. The summed E-state index contributed by atoms with van der Waals surface area (Å²) in [6.45, 7) is 1.38. The van der Waals surface area contributed by atoms with E-state index in [4.69, 9.17) is 10.5 Å². The highest BCUT2D eigenvalue weighted by Gasteiger charge is 2.06. The highest BCUT2D eigenvalue weighted by atomic mass is 32.1. The number of hydrogen-bond donors (Lipinski definition) is 1. The maximum absolute atomic E-state index is 10.8. The Labute approximate surface area is 85.1 Å². The molecule has 0 amide bonds. The van der Waals surface area contributed by atoms with Gasteiger partial charge in [0.05, 0.1) is 9.70 Å². The van der Waals surface area contributed by atoms with Gasteiger partial charge < -0.3 is 10.5 Å². The van der Waals surface area contributed by atoms with Gasteiger partial charge in [0, 0.05) is 6.92 Å². The van der Waals surface area contributed by atoms with Crippen LogP contribution in [-0.2, 0) is 4.79 Å². The van der Waals surface area contributed by atoms with Crippen molar-refractivity contribution in [2.45, 2.75) is 6.92 Å². The van der Waals surface area contributed by atoms with Gasteiger partial charge in [-0.25, -0.2) is 0 Å². The molecule has 0 aliphatic heterocycles. The lowest BCUT2D eigenvalue weighted by Gasteiger charge is -2.00. The number of ether oxygens (including phenoxy) is 1. The van der Waals surface area contributed by atoms with Gasteiger partial charge in [-0.1, -0.05) is 12.1 Å². The van der Waals surface area contributed by atoms with Gasteiger partial charge in [-0.15, -0.1) is 11.3 Å². The first-order valence-corrected chi connectivity index (χ1v) is 4.95. The summed E-state index contributed by atoms with van der Waals surface area (Å²) in [5, 5.41) is 1.73. The van der Waals surface area contributed by atoms with Crippen molar-refractivity contribution in [2.75, 3.05) is 5.73 Å². The second-order valence-corrected chi connectivity index (χ2v) is 4.00. The van der Waals surface area contributed by atoms with Crippen molar-refractivity contribution in [3.63, 3.8) is 0 Å². The molecule has 0 bridgehead atoms. The van der Waals surface area contributed by atoms with Crippen LogP contribution in [0.5, 0.6) is 5.75 Å². The first kappa shape index (κ1) is 9.02. The van der Waals surface area contributed by atoms with Crippen LogP contribution < -0.4 is 10.5 Å². The Bertz CT molecular complexity index is 490.